The highest BCUT2D eigenvalue weighted by molar-refractivity contribution is 9.10. The Bertz CT molecular complexity index is 1250. The third kappa shape index (κ3) is 5.89. The number of aromatic nitrogens is 1. The van der Waals surface area contributed by atoms with E-state index in [1.165, 1.54) is 12.4 Å². The molecule has 1 aliphatic rings. The number of hydrogen-bond acceptors (Lipinski definition) is 4. The maximum atomic E-state index is 13.6. The fraction of sp³-hybridized carbons (Fsp3) is 0.208. The third-order valence-electron chi connectivity index (χ3n) is 5.51. The van der Waals surface area contributed by atoms with Gasteiger partial charge in [-0.3, -0.25) is 14.4 Å². The number of urea groups is 1. The Morgan fingerprint density at radius 3 is 2.42 bits per heavy atom. The van der Waals surface area contributed by atoms with Crippen LogP contribution in [0.2, 0.25) is 0 Å². The van der Waals surface area contributed by atoms with Crippen molar-refractivity contribution in [3.63, 3.8) is 0 Å². The van der Waals surface area contributed by atoms with Crippen LogP contribution < -0.4 is 10.3 Å². The van der Waals surface area contributed by atoms with Gasteiger partial charge in [-0.05, 0) is 39.7 Å². The molecule has 2 aromatic carbocycles. The molecule has 188 valence electrons. The predicted octanol–water partition coefficient (Wildman–Crippen LogP) is 4.56. The Hall–Kier alpha value is -3.77. The molecule has 1 fully saturated rings. The quantitative estimate of drug-likeness (QED) is 0.458. The zero-order chi connectivity index (χ0) is 25.8. The molecule has 36 heavy (non-hydrogen) atoms. The molecule has 0 saturated carbocycles. The highest BCUT2D eigenvalue weighted by atomic mass is 79.9. The van der Waals surface area contributed by atoms with Gasteiger partial charge >= 0.3 is 12.1 Å². The number of carbonyl (C=O) groups excluding carboxylic acids is 2. The molecule has 4 amide bonds. The van der Waals surface area contributed by atoms with Crippen molar-refractivity contribution in [1.29, 1.82) is 0 Å². The average molecular weight is 563 g/mol. The zero-order valence-corrected chi connectivity index (χ0v) is 20.3. The number of carboxylic acid groups (broad SMARTS) is 1. The average Bonchev–Trinajstić information content (AvgIpc) is 3.44. The Morgan fingerprint density at radius 2 is 1.81 bits per heavy atom. The topological polar surface area (TPSA) is 104 Å². The first-order valence-electron chi connectivity index (χ1n) is 10.8. The zero-order valence-electron chi connectivity index (χ0n) is 18.7. The molecule has 1 saturated heterocycles. The van der Waals surface area contributed by atoms with Crippen molar-refractivity contribution in [2.24, 2.45) is 0 Å². The first-order chi connectivity index (χ1) is 17.2. The van der Waals surface area contributed by atoms with Crippen LogP contribution in [0.4, 0.5) is 24.1 Å². The number of ether oxygens (including phenoxy) is 1. The fourth-order valence-electron chi connectivity index (χ4n) is 3.90. The van der Waals surface area contributed by atoms with Crippen LogP contribution in [0.1, 0.15) is 12.0 Å². The van der Waals surface area contributed by atoms with E-state index < -0.39 is 41.8 Å². The number of imide groups is 1. The van der Waals surface area contributed by atoms with Gasteiger partial charge in [-0.2, -0.15) is 5.01 Å². The Morgan fingerprint density at radius 1 is 1.11 bits per heavy atom. The lowest BCUT2D eigenvalue weighted by atomic mass is 10.1. The van der Waals surface area contributed by atoms with Crippen molar-refractivity contribution < 1.29 is 33.0 Å². The van der Waals surface area contributed by atoms with Crippen LogP contribution in [-0.4, -0.2) is 51.4 Å². The normalized spacial score (nSPS) is 17.1. The van der Waals surface area contributed by atoms with E-state index in [1.54, 1.807) is 6.07 Å². The molecule has 12 heteroatoms. The van der Waals surface area contributed by atoms with E-state index in [4.69, 9.17) is 4.74 Å². The summed E-state index contributed by atoms with van der Waals surface area (Å²) in [5.41, 5.74) is 0.668. The minimum absolute atomic E-state index is 0.0127. The van der Waals surface area contributed by atoms with Gasteiger partial charge in [0.2, 0.25) is 0 Å². The minimum atomic E-state index is -1.35. The standard InChI is InChI=1S/C24H21BrF2N4O5/c25-16-6-7-29(12-16)31(23(33)28-19-9-17(26)8-18(27)10-19)22(32)21-11-20(13-30(21)24(34)35)36-14-15-4-2-1-3-5-15/h1-10,12,20-21H,11,13-14H2,(H,28,33)(H,34,35). The molecule has 2 atom stereocenters. The molecule has 1 aromatic heterocycles. The summed E-state index contributed by atoms with van der Waals surface area (Å²) in [6.45, 7) is 0.151. The van der Waals surface area contributed by atoms with Crippen LogP contribution in [-0.2, 0) is 16.1 Å². The molecule has 9 nitrogen and oxygen atoms in total. The number of amides is 4. The maximum absolute atomic E-state index is 13.6. The molecule has 2 N–H and O–H groups in total. The predicted molar refractivity (Wildman–Crippen MR) is 129 cm³/mol. The Labute approximate surface area is 213 Å². The monoisotopic (exact) mass is 562 g/mol. The minimum Gasteiger partial charge on any atom is -0.465 e. The van der Waals surface area contributed by atoms with Gasteiger partial charge < -0.3 is 15.2 Å². The third-order valence-corrected chi connectivity index (χ3v) is 5.98. The number of anilines is 1. The first kappa shape index (κ1) is 25.3. The molecule has 1 aliphatic heterocycles. The summed E-state index contributed by atoms with van der Waals surface area (Å²) in [6.07, 6.45) is 0.887. The molecule has 2 unspecified atom stereocenters. The molecule has 2 heterocycles. The van der Waals surface area contributed by atoms with Crippen molar-refractivity contribution in [1.82, 2.24) is 9.58 Å². The van der Waals surface area contributed by atoms with Gasteiger partial charge in [-0.1, -0.05) is 30.3 Å². The van der Waals surface area contributed by atoms with Crippen LogP contribution in [0.3, 0.4) is 0 Å². The van der Waals surface area contributed by atoms with E-state index >= 15 is 0 Å². The molecule has 4 rings (SSSR count). The van der Waals surface area contributed by atoms with E-state index in [2.05, 4.69) is 21.2 Å². The van der Waals surface area contributed by atoms with Crippen LogP contribution in [0.25, 0.3) is 0 Å². The van der Waals surface area contributed by atoms with Gasteiger partial charge in [0.1, 0.15) is 17.7 Å². The second-order valence-electron chi connectivity index (χ2n) is 8.05. The van der Waals surface area contributed by atoms with Crippen LogP contribution in [0.15, 0.2) is 71.5 Å². The first-order valence-corrected chi connectivity index (χ1v) is 11.6. The van der Waals surface area contributed by atoms with E-state index in [9.17, 15) is 28.3 Å². The Balaban J connectivity index is 1.56. The fourth-order valence-corrected chi connectivity index (χ4v) is 4.23. The second-order valence-corrected chi connectivity index (χ2v) is 8.97. The van der Waals surface area contributed by atoms with Gasteiger partial charge in [-0.25, -0.2) is 18.4 Å². The molecule has 0 spiro atoms. The van der Waals surface area contributed by atoms with Crippen LogP contribution in [0, 0.1) is 11.6 Å². The molecule has 0 radical (unpaired) electrons. The lowest BCUT2D eigenvalue weighted by molar-refractivity contribution is -0.123. The van der Waals surface area contributed by atoms with E-state index in [-0.39, 0.29) is 25.3 Å². The molecule has 3 aromatic rings. The SMILES string of the molecule is O=C(O)N1CC(OCc2ccccc2)CC1C(=O)N(C(=O)Nc1cc(F)cc(F)c1)n1ccc(Br)c1. The van der Waals surface area contributed by atoms with Gasteiger partial charge in [0, 0.05) is 35.0 Å². The van der Waals surface area contributed by atoms with Gasteiger partial charge in [0.15, 0.2) is 0 Å². The second kappa shape index (κ2) is 10.9. The molecule has 0 bridgehead atoms. The molecule has 0 aliphatic carbocycles. The van der Waals surface area contributed by atoms with Crippen molar-refractivity contribution in [3.05, 3.63) is 88.7 Å². The number of benzene rings is 2. The summed E-state index contributed by atoms with van der Waals surface area (Å²) in [4.78, 5) is 39.6. The Kier molecular flexibility index (Phi) is 7.65. The van der Waals surface area contributed by atoms with Crippen LogP contribution >= 0.6 is 15.9 Å². The summed E-state index contributed by atoms with van der Waals surface area (Å²) >= 11 is 3.24. The summed E-state index contributed by atoms with van der Waals surface area (Å²) < 4.78 is 34.8. The summed E-state index contributed by atoms with van der Waals surface area (Å²) in [5.74, 6) is -2.70. The molecular formula is C24H21BrF2N4O5. The highest BCUT2D eigenvalue weighted by Crippen LogP contribution is 2.24. The van der Waals surface area contributed by atoms with Gasteiger partial charge in [-0.15, -0.1) is 0 Å². The summed E-state index contributed by atoms with van der Waals surface area (Å²) in [6, 6.07) is 11.0. The lowest BCUT2D eigenvalue weighted by Gasteiger charge is -2.28. The number of carbonyl (C=O) groups is 3. The smallest absolute Gasteiger partial charge is 0.408 e. The number of nitrogens with one attached hydrogen (secondary N) is 1. The lowest BCUT2D eigenvalue weighted by Crippen LogP contribution is -2.55. The largest absolute Gasteiger partial charge is 0.465 e. The van der Waals surface area contributed by atoms with Gasteiger partial charge in [0.05, 0.1) is 19.3 Å². The van der Waals surface area contributed by atoms with E-state index in [0.29, 0.717) is 15.5 Å². The number of halogens is 3. The van der Waals surface area contributed by atoms with Crippen molar-refractivity contribution in [2.45, 2.75) is 25.2 Å². The summed E-state index contributed by atoms with van der Waals surface area (Å²) in [5, 5.41) is 12.7. The molecular weight excluding hydrogens is 542 g/mol. The highest BCUT2D eigenvalue weighted by Gasteiger charge is 2.44. The van der Waals surface area contributed by atoms with Crippen molar-refractivity contribution in [2.75, 3.05) is 16.9 Å². The van der Waals surface area contributed by atoms with E-state index in [0.717, 1.165) is 27.3 Å². The number of nitrogens with zero attached hydrogens (tertiary/aromatic N) is 3. The number of likely N-dealkylation sites (tertiary alicyclic amines) is 1. The number of hydrogen-bond donors (Lipinski definition) is 2. The summed E-state index contributed by atoms with van der Waals surface area (Å²) in [7, 11) is 0. The van der Waals surface area contributed by atoms with E-state index in [1.807, 2.05) is 30.3 Å². The van der Waals surface area contributed by atoms with Gasteiger partial charge in [0.25, 0.3) is 5.91 Å². The van der Waals surface area contributed by atoms with Crippen LogP contribution in [0.5, 0.6) is 0 Å². The van der Waals surface area contributed by atoms with Crippen molar-refractivity contribution >= 4 is 39.6 Å². The van der Waals surface area contributed by atoms with Crippen molar-refractivity contribution in [3.8, 4) is 0 Å². The number of rotatable bonds is 6. The maximum Gasteiger partial charge on any atom is 0.408 e.